The van der Waals surface area contributed by atoms with E-state index >= 15 is 0 Å². The van der Waals surface area contributed by atoms with Crippen LogP contribution in [0.15, 0.2) is 90.0 Å². The number of thioether (sulfide) groups is 1. The fourth-order valence-electron chi connectivity index (χ4n) is 5.16. The first kappa shape index (κ1) is 26.5. The molecule has 6 rings (SSSR count). The summed E-state index contributed by atoms with van der Waals surface area (Å²) in [6.45, 7) is 0.344. The minimum absolute atomic E-state index is 0.00940. The van der Waals surface area contributed by atoms with Crippen LogP contribution < -0.4 is 4.74 Å². The lowest BCUT2D eigenvalue weighted by Gasteiger charge is -2.29. The fourth-order valence-corrected chi connectivity index (χ4v) is 6.55. The normalized spacial score (nSPS) is 17.1. The van der Waals surface area contributed by atoms with Gasteiger partial charge in [-0.25, -0.2) is 9.07 Å². The van der Waals surface area contributed by atoms with Crippen molar-refractivity contribution in [3.05, 3.63) is 107 Å². The van der Waals surface area contributed by atoms with Crippen LogP contribution in [0.5, 0.6) is 5.75 Å². The summed E-state index contributed by atoms with van der Waals surface area (Å²) in [6.07, 6.45) is 9.38. The average Bonchev–Trinajstić information content (AvgIpc) is 3.54. The van der Waals surface area contributed by atoms with Crippen molar-refractivity contribution in [1.82, 2.24) is 14.7 Å². The largest absolute Gasteiger partial charge is 0.489 e. The van der Waals surface area contributed by atoms with Crippen molar-refractivity contribution >= 4 is 40.3 Å². The van der Waals surface area contributed by atoms with Crippen LogP contribution in [-0.2, 0) is 11.4 Å². The topological polar surface area (TPSA) is 47.4 Å². The summed E-state index contributed by atoms with van der Waals surface area (Å²) in [5.74, 6) is 0.422. The number of carbonyl (C=O) groups is 1. The molecule has 2 heterocycles. The standard InChI is InChI=1S/C32H28FN3O2S2/c33-25-15-11-22(12-16-25)21-38-28-17-13-23(14-18-28)30-24(20-35(34-30)26-7-3-1-4-8-26)19-29-31(37)36(32(39)40-29)27-9-5-2-6-10-27/h1,3-4,7-8,11-20,27H,2,5-6,9-10,21H2/b29-19-. The molecule has 1 saturated carbocycles. The number of amides is 1. The van der Waals surface area contributed by atoms with Crippen molar-refractivity contribution in [3.8, 4) is 22.7 Å². The number of ether oxygens (including phenoxy) is 1. The third-order valence-electron chi connectivity index (χ3n) is 7.26. The van der Waals surface area contributed by atoms with Crippen LogP contribution in [0.4, 0.5) is 4.39 Å². The number of carbonyl (C=O) groups excluding carboxylic acids is 1. The fraction of sp³-hybridized carbons (Fsp3) is 0.219. The summed E-state index contributed by atoms with van der Waals surface area (Å²) in [7, 11) is 0. The molecule has 0 bridgehead atoms. The first-order valence-corrected chi connectivity index (χ1v) is 14.7. The van der Waals surface area contributed by atoms with Gasteiger partial charge in [-0.1, -0.05) is 73.6 Å². The SMILES string of the molecule is O=C1/C(=C/c2cn(-c3ccccc3)nc2-c2ccc(OCc3ccc(F)cc3)cc2)SC(=S)N1C1CCCCC1. The highest BCUT2D eigenvalue weighted by molar-refractivity contribution is 8.26. The zero-order chi connectivity index (χ0) is 27.5. The Labute approximate surface area is 242 Å². The molecular formula is C32H28FN3O2S2. The second-order valence-corrected chi connectivity index (χ2v) is 11.7. The molecule has 4 aromatic rings. The highest BCUT2D eigenvalue weighted by Crippen LogP contribution is 2.38. The summed E-state index contributed by atoms with van der Waals surface area (Å²) in [5, 5.41) is 4.91. The van der Waals surface area contributed by atoms with E-state index in [1.54, 1.807) is 12.1 Å². The lowest BCUT2D eigenvalue weighted by molar-refractivity contribution is -0.124. The molecule has 2 fully saturated rings. The molecule has 0 atom stereocenters. The third kappa shape index (κ3) is 5.74. The molecule has 0 N–H and O–H groups in total. The number of halogens is 1. The Morgan fingerprint density at radius 1 is 0.975 bits per heavy atom. The van der Waals surface area contributed by atoms with Gasteiger partial charge in [0, 0.05) is 23.4 Å². The molecule has 5 nitrogen and oxygen atoms in total. The van der Waals surface area contributed by atoms with Crippen LogP contribution >= 0.6 is 24.0 Å². The Hall–Kier alpha value is -3.75. The maximum Gasteiger partial charge on any atom is 0.266 e. The quantitative estimate of drug-likeness (QED) is 0.168. The molecule has 8 heteroatoms. The Kier molecular flexibility index (Phi) is 7.80. The van der Waals surface area contributed by atoms with E-state index in [0.29, 0.717) is 21.6 Å². The monoisotopic (exact) mass is 569 g/mol. The van der Waals surface area contributed by atoms with E-state index < -0.39 is 0 Å². The maximum atomic E-state index is 13.5. The van der Waals surface area contributed by atoms with Gasteiger partial charge in [0.05, 0.1) is 16.3 Å². The van der Waals surface area contributed by atoms with Gasteiger partial charge in [-0.05, 0) is 73.0 Å². The molecule has 40 heavy (non-hydrogen) atoms. The molecule has 202 valence electrons. The number of hydrogen-bond donors (Lipinski definition) is 0. The van der Waals surface area contributed by atoms with Gasteiger partial charge in [0.15, 0.2) is 0 Å². The van der Waals surface area contributed by atoms with Gasteiger partial charge in [-0.15, -0.1) is 0 Å². The summed E-state index contributed by atoms with van der Waals surface area (Å²) in [4.78, 5) is 15.9. The lowest BCUT2D eigenvalue weighted by Crippen LogP contribution is -2.39. The Balaban J connectivity index is 1.28. The molecule has 1 aliphatic carbocycles. The summed E-state index contributed by atoms with van der Waals surface area (Å²) in [6, 6.07) is 24.1. The number of nitrogens with zero attached hydrogens (tertiary/aromatic N) is 3. The third-order valence-corrected chi connectivity index (χ3v) is 8.59. The smallest absolute Gasteiger partial charge is 0.266 e. The minimum Gasteiger partial charge on any atom is -0.489 e. The van der Waals surface area contributed by atoms with Crippen LogP contribution in [-0.4, -0.2) is 30.9 Å². The summed E-state index contributed by atoms with van der Waals surface area (Å²) in [5.41, 5.74) is 4.32. The van der Waals surface area contributed by atoms with Crippen LogP contribution in [0.2, 0.25) is 0 Å². The van der Waals surface area contributed by atoms with Crippen LogP contribution in [0, 0.1) is 5.82 Å². The highest BCUT2D eigenvalue weighted by atomic mass is 32.2. The molecule has 0 radical (unpaired) electrons. The number of rotatable bonds is 7. The Morgan fingerprint density at radius 2 is 1.70 bits per heavy atom. The van der Waals surface area contributed by atoms with Crippen LogP contribution in [0.1, 0.15) is 43.2 Å². The van der Waals surface area contributed by atoms with E-state index in [1.165, 1.54) is 30.3 Å². The van der Waals surface area contributed by atoms with Gasteiger partial charge >= 0.3 is 0 Å². The van der Waals surface area contributed by atoms with Gasteiger partial charge in [-0.2, -0.15) is 5.10 Å². The molecule has 3 aromatic carbocycles. The van der Waals surface area contributed by atoms with Crippen molar-refractivity contribution in [2.24, 2.45) is 0 Å². The molecule has 1 aliphatic heterocycles. The van der Waals surface area contributed by atoms with E-state index in [4.69, 9.17) is 22.1 Å². The number of hydrogen-bond acceptors (Lipinski definition) is 5. The van der Waals surface area contributed by atoms with Gasteiger partial charge < -0.3 is 4.74 Å². The highest BCUT2D eigenvalue weighted by Gasteiger charge is 2.37. The predicted molar refractivity (Wildman–Crippen MR) is 162 cm³/mol. The van der Waals surface area contributed by atoms with Crippen molar-refractivity contribution < 1.29 is 13.9 Å². The van der Waals surface area contributed by atoms with Crippen LogP contribution in [0.25, 0.3) is 23.0 Å². The zero-order valence-electron chi connectivity index (χ0n) is 21.8. The molecule has 1 saturated heterocycles. The van der Waals surface area contributed by atoms with E-state index in [9.17, 15) is 9.18 Å². The second-order valence-electron chi connectivity index (χ2n) is 10.00. The summed E-state index contributed by atoms with van der Waals surface area (Å²) >= 11 is 7.03. The lowest BCUT2D eigenvalue weighted by atomic mass is 9.94. The molecule has 2 aliphatic rings. The number of para-hydroxylation sites is 1. The summed E-state index contributed by atoms with van der Waals surface area (Å²) < 4.78 is 21.6. The van der Waals surface area contributed by atoms with E-state index in [-0.39, 0.29) is 17.8 Å². The van der Waals surface area contributed by atoms with Crippen molar-refractivity contribution in [2.75, 3.05) is 0 Å². The second kappa shape index (κ2) is 11.8. The zero-order valence-corrected chi connectivity index (χ0v) is 23.5. The van der Waals surface area contributed by atoms with E-state index in [1.807, 2.05) is 76.5 Å². The van der Waals surface area contributed by atoms with Gasteiger partial charge in [0.25, 0.3) is 5.91 Å². The predicted octanol–water partition coefficient (Wildman–Crippen LogP) is 7.79. The Morgan fingerprint density at radius 3 is 2.42 bits per heavy atom. The first-order chi connectivity index (χ1) is 19.5. The van der Waals surface area contributed by atoms with Crippen LogP contribution in [0.3, 0.4) is 0 Å². The number of benzene rings is 3. The Bertz CT molecular complexity index is 1540. The maximum absolute atomic E-state index is 13.5. The number of thiocarbonyl (C=S) groups is 1. The van der Waals surface area contributed by atoms with Crippen molar-refractivity contribution in [1.29, 1.82) is 0 Å². The minimum atomic E-state index is -0.268. The molecular weight excluding hydrogens is 542 g/mol. The van der Waals surface area contributed by atoms with Gasteiger partial charge in [-0.3, -0.25) is 9.69 Å². The molecule has 1 amide bonds. The van der Waals surface area contributed by atoms with Crippen molar-refractivity contribution in [2.45, 2.75) is 44.8 Å². The van der Waals surface area contributed by atoms with Gasteiger partial charge in [0.1, 0.15) is 22.5 Å². The number of aromatic nitrogens is 2. The van der Waals surface area contributed by atoms with Crippen molar-refractivity contribution in [3.63, 3.8) is 0 Å². The van der Waals surface area contributed by atoms with E-state index in [0.717, 1.165) is 53.8 Å². The average molecular weight is 570 g/mol. The molecule has 0 unspecified atom stereocenters. The first-order valence-electron chi connectivity index (χ1n) is 13.4. The van der Waals surface area contributed by atoms with Gasteiger partial charge in [0.2, 0.25) is 0 Å². The molecule has 0 spiro atoms. The van der Waals surface area contributed by atoms with E-state index in [2.05, 4.69) is 0 Å². The molecule has 1 aromatic heterocycles.